The summed E-state index contributed by atoms with van der Waals surface area (Å²) in [5.74, 6) is 1.14. The molecule has 0 aliphatic heterocycles. The molecule has 0 radical (unpaired) electrons. The van der Waals surface area contributed by atoms with E-state index >= 15 is 0 Å². The summed E-state index contributed by atoms with van der Waals surface area (Å²) in [5, 5.41) is 19.3. The molecule has 0 bridgehead atoms. The van der Waals surface area contributed by atoms with Crippen molar-refractivity contribution in [2.24, 2.45) is 23.4 Å². The lowest BCUT2D eigenvalue weighted by atomic mass is 9.86. The van der Waals surface area contributed by atoms with E-state index in [1.807, 2.05) is 20.9 Å². The van der Waals surface area contributed by atoms with Gasteiger partial charge in [0, 0.05) is 25.4 Å². The molecule has 0 spiro atoms. The van der Waals surface area contributed by atoms with Crippen LogP contribution in [0.2, 0.25) is 0 Å². The maximum absolute atomic E-state index is 8.67. The van der Waals surface area contributed by atoms with Crippen molar-refractivity contribution in [2.75, 3.05) is 13.1 Å². The summed E-state index contributed by atoms with van der Waals surface area (Å²) in [7, 11) is 1.86. The molecule has 7 heteroatoms. The molecule has 1 aromatic rings. The second-order valence-corrected chi connectivity index (χ2v) is 5.31. The van der Waals surface area contributed by atoms with Gasteiger partial charge in [-0.1, -0.05) is 19.0 Å². The Hall–Kier alpha value is -1.63. The largest absolute Gasteiger partial charge is 0.409 e. The van der Waals surface area contributed by atoms with Gasteiger partial charge in [0.15, 0.2) is 5.82 Å². The lowest BCUT2D eigenvalue weighted by Crippen LogP contribution is -2.32. The number of oxime groups is 1. The Kier molecular flexibility index (Phi) is 5.75. The average Bonchev–Trinajstić information content (AvgIpc) is 2.78. The molecule has 108 valence electrons. The Morgan fingerprint density at radius 3 is 2.84 bits per heavy atom. The Morgan fingerprint density at radius 2 is 2.26 bits per heavy atom. The highest BCUT2D eigenvalue weighted by atomic mass is 16.4. The molecule has 0 saturated carbocycles. The van der Waals surface area contributed by atoms with Crippen LogP contribution in [0.3, 0.4) is 0 Å². The van der Waals surface area contributed by atoms with Crippen molar-refractivity contribution in [1.82, 2.24) is 20.1 Å². The number of aromatic nitrogens is 3. The molecule has 0 fully saturated rings. The van der Waals surface area contributed by atoms with Crippen LogP contribution in [0.25, 0.3) is 0 Å². The van der Waals surface area contributed by atoms with Gasteiger partial charge in [0.25, 0.3) is 0 Å². The minimum absolute atomic E-state index is 0.265. The van der Waals surface area contributed by atoms with E-state index in [0.29, 0.717) is 0 Å². The molecular formula is C12H24N6O. The van der Waals surface area contributed by atoms with E-state index in [0.717, 1.165) is 38.2 Å². The molecular weight excluding hydrogens is 244 g/mol. The summed E-state index contributed by atoms with van der Waals surface area (Å²) in [6.45, 7) is 5.70. The fourth-order valence-corrected chi connectivity index (χ4v) is 1.74. The van der Waals surface area contributed by atoms with Gasteiger partial charge in [-0.05, 0) is 19.4 Å². The molecule has 0 amide bonds. The monoisotopic (exact) mass is 268 g/mol. The van der Waals surface area contributed by atoms with Crippen molar-refractivity contribution in [3.8, 4) is 0 Å². The van der Waals surface area contributed by atoms with Crippen LogP contribution < -0.4 is 11.1 Å². The molecule has 1 rings (SSSR count). The lowest BCUT2D eigenvalue weighted by Gasteiger charge is -2.22. The maximum Gasteiger partial charge on any atom is 0.151 e. The molecule has 19 heavy (non-hydrogen) atoms. The zero-order chi connectivity index (χ0) is 14.3. The summed E-state index contributed by atoms with van der Waals surface area (Å²) in [6, 6.07) is 0. The van der Waals surface area contributed by atoms with Gasteiger partial charge in [-0.15, -0.1) is 0 Å². The second-order valence-electron chi connectivity index (χ2n) is 5.31. The van der Waals surface area contributed by atoms with Crippen molar-refractivity contribution in [3.63, 3.8) is 0 Å². The summed E-state index contributed by atoms with van der Waals surface area (Å²) in [6.07, 6.45) is 4.37. The van der Waals surface area contributed by atoms with Gasteiger partial charge in [0.05, 0.1) is 0 Å². The molecule has 0 unspecified atom stereocenters. The molecule has 1 aromatic heterocycles. The third kappa shape index (κ3) is 5.25. The third-order valence-electron chi connectivity index (χ3n) is 3.13. The quantitative estimate of drug-likeness (QED) is 0.209. The zero-order valence-corrected chi connectivity index (χ0v) is 11.9. The SMILES string of the molecule is Cn1cnc(CCNCCCC(C)(C)C(N)=NO)n1. The van der Waals surface area contributed by atoms with Gasteiger partial charge in [0.1, 0.15) is 12.2 Å². The van der Waals surface area contributed by atoms with Gasteiger partial charge in [0.2, 0.25) is 0 Å². The van der Waals surface area contributed by atoms with E-state index in [-0.39, 0.29) is 11.3 Å². The van der Waals surface area contributed by atoms with Gasteiger partial charge in [-0.3, -0.25) is 4.68 Å². The van der Waals surface area contributed by atoms with Crippen molar-refractivity contribution >= 4 is 5.84 Å². The molecule has 0 aliphatic rings. The zero-order valence-electron chi connectivity index (χ0n) is 11.9. The standard InChI is InChI=1S/C12H24N6O/c1-12(2,11(13)17-19)6-4-7-14-8-5-10-15-9-18(3)16-10/h9,14,19H,4-8H2,1-3H3,(H2,13,17). The summed E-state index contributed by atoms with van der Waals surface area (Å²) in [4.78, 5) is 4.16. The Morgan fingerprint density at radius 1 is 1.53 bits per heavy atom. The van der Waals surface area contributed by atoms with Crippen molar-refractivity contribution in [1.29, 1.82) is 0 Å². The van der Waals surface area contributed by atoms with Crippen LogP contribution in [0.4, 0.5) is 0 Å². The molecule has 0 atom stereocenters. The van der Waals surface area contributed by atoms with E-state index < -0.39 is 0 Å². The first-order valence-corrected chi connectivity index (χ1v) is 6.49. The molecule has 0 saturated heterocycles. The predicted molar refractivity (Wildman–Crippen MR) is 74.0 cm³/mol. The van der Waals surface area contributed by atoms with Crippen LogP contribution in [0.15, 0.2) is 11.5 Å². The van der Waals surface area contributed by atoms with Crippen molar-refractivity contribution in [3.05, 3.63) is 12.2 Å². The summed E-state index contributed by atoms with van der Waals surface area (Å²) >= 11 is 0. The number of nitrogens with one attached hydrogen (secondary N) is 1. The van der Waals surface area contributed by atoms with Gasteiger partial charge < -0.3 is 16.3 Å². The lowest BCUT2D eigenvalue weighted by molar-refractivity contribution is 0.304. The van der Waals surface area contributed by atoms with Crippen LogP contribution in [0.1, 0.15) is 32.5 Å². The first kappa shape index (κ1) is 15.4. The minimum atomic E-state index is -0.265. The first-order chi connectivity index (χ1) is 8.95. The smallest absolute Gasteiger partial charge is 0.151 e. The molecule has 0 aliphatic carbocycles. The highest BCUT2D eigenvalue weighted by Crippen LogP contribution is 2.21. The van der Waals surface area contributed by atoms with Crippen LogP contribution in [-0.4, -0.2) is 38.9 Å². The number of hydrogen-bond donors (Lipinski definition) is 3. The van der Waals surface area contributed by atoms with Gasteiger partial charge in [-0.25, -0.2) is 4.98 Å². The van der Waals surface area contributed by atoms with E-state index in [1.54, 1.807) is 11.0 Å². The van der Waals surface area contributed by atoms with Crippen molar-refractivity contribution < 1.29 is 5.21 Å². The molecule has 0 aromatic carbocycles. The van der Waals surface area contributed by atoms with Crippen LogP contribution in [-0.2, 0) is 13.5 Å². The van der Waals surface area contributed by atoms with E-state index in [2.05, 4.69) is 20.6 Å². The van der Waals surface area contributed by atoms with Gasteiger partial charge in [-0.2, -0.15) is 5.10 Å². The number of aryl methyl sites for hydroxylation is 1. The number of hydrogen-bond acceptors (Lipinski definition) is 5. The highest BCUT2D eigenvalue weighted by Gasteiger charge is 2.22. The van der Waals surface area contributed by atoms with E-state index in [1.165, 1.54) is 0 Å². The topological polar surface area (TPSA) is 101 Å². The minimum Gasteiger partial charge on any atom is -0.409 e. The molecule has 7 nitrogen and oxygen atoms in total. The summed E-state index contributed by atoms with van der Waals surface area (Å²) in [5.41, 5.74) is 5.37. The predicted octanol–water partition coefficient (Wildman–Crippen LogP) is 0.500. The first-order valence-electron chi connectivity index (χ1n) is 6.49. The van der Waals surface area contributed by atoms with Crippen LogP contribution >= 0.6 is 0 Å². The average molecular weight is 268 g/mol. The number of nitrogens with zero attached hydrogens (tertiary/aromatic N) is 4. The molecule has 4 N–H and O–H groups in total. The Labute approximate surface area is 113 Å². The molecule has 1 heterocycles. The summed E-state index contributed by atoms with van der Waals surface area (Å²) < 4.78 is 1.70. The van der Waals surface area contributed by atoms with Crippen LogP contribution in [0, 0.1) is 5.41 Å². The second kappa shape index (κ2) is 7.08. The Bertz CT molecular complexity index is 412. The van der Waals surface area contributed by atoms with E-state index in [4.69, 9.17) is 10.9 Å². The third-order valence-corrected chi connectivity index (χ3v) is 3.13. The van der Waals surface area contributed by atoms with E-state index in [9.17, 15) is 0 Å². The highest BCUT2D eigenvalue weighted by molar-refractivity contribution is 5.85. The maximum atomic E-state index is 8.67. The number of amidine groups is 1. The number of rotatable bonds is 8. The Balaban J connectivity index is 2.11. The van der Waals surface area contributed by atoms with Crippen LogP contribution in [0.5, 0.6) is 0 Å². The number of nitrogens with two attached hydrogens (primary N) is 1. The fraction of sp³-hybridized carbons (Fsp3) is 0.750. The normalized spacial score (nSPS) is 12.9. The fourth-order valence-electron chi connectivity index (χ4n) is 1.74. The van der Waals surface area contributed by atoms with Gasteiger partial charge >= 0.3 is 0 Å². The van der Waals surface area contributed by atoms with Crippen molar-refractivity contribution in [2.45, 2.75) is 33.1 Å².